The summed E-state index contributed by atoms with van der Waals surface area (Å²) < 4.78 is 0. The number of rotatable bonds is 14. The molecule has 4 aromatic rings. The van der Waals surface area contributed by atoms with E-state index in [1.165, 1.54) is 15.9 Å². The van der Waals surface area contributed by atoms with Crippen molar-refractivity contribution in [1.29, 1.82) is 0 Å². The van der Waals surface area contributed by atoms with Gasteiger partial charge in [-0.1, -0.05) is 142 Å². The van der Waals surface area contributed by atoms with E-state index in [1.54, 1.807) is 0 Å². The lowest BCUT2D eigenvalue weighted by Crippen LogP contribution is -2.51. The van der Waals surface area contributed by atoms with Gasteiger partial charge >= 0.3 is 0 Å². The van der Waals surface area contributed by atoms with Crippen LogP contribution in [0.2, 0.25) is 0 Å². The van der Waals surface area contributed by atoms with Gasteiger partial charge in [0, 0.05) is 24.7 Å². The average molecular weight is 592 g/mol. The minimum absolute atomic E-state index is 0.0614. The van der Waals surface area contributed by atoms with Crippen molar-refractivity contribution in [3.63, 3.8) is 0 Å². The third-order valence-corrected chi connectivity index (χ3v) is 9.74. The molecule has 4 rings (SSSR count). The highest BCUT2D eigenvalue weighted by atomic mass is 31.1. The molecule has 222 valence electrons. The number of carbonyl (C=O) groups excluding carboxylic acids is 2. The van der Waals surface area contributed by atoms with Crippen molar-refractivity contribution in [2.75, 3.05) is 6.54 Å². The van der Waals surface area contributed by atoms with E-state index in [0.29, 0.717) is 13.0 Å². The fourth-order valence-corrected chi connectivity index (χ4v) is 7.33. The molecule has 0 radical (unpaired) electrons. The van der Waals surface area contributed by atoms with E-state index in [2.05, 4.69) is 84.3 Å². The lowest BCUT2D eigenvalue weighted by Gasteiger charge is -2.23. The van der Waals surface area contributed by atoms with E-state index in [0.717, 1.165) is 24.0 Å². The maximum atomic E-state index is 13.7. The van der Waals surface area contributed by atoms with E-state index >= 15 is 0 Å². The van der Waals surface area contributed by atoms with E-state index < -0.39 is 20.0 Å². The molecule has 0 fully saturated rings. The second-order valence-electron chi connectivity index (χ2n) is 10.9. The Morgan fingerprint density at radius 3 is 1.91 bits per heavy atom. The maximum Gasteiger partial charge on any atom is 0.245 e. The van der Waals surface area contributed by atoms with Gasteiger partial charge in [0.1, 0.15) is 12.1 Å². The van der Waals surface area contributed by atoms with Gasteiger partial charge < -0.3 is 10.6 Å². The zero-order chi connectivity index (χ0) is 30.4. The molecule has 0 aliphatic heterocycles. The fraction of sp³-hybridized carbons (Fsp3) is 0.270. The zero-order valence-corrected chi connectivity index (χ0v) is 26.2. The summed E-state index contributed by atoms with van der Waals surface area (Å²) in [6.07, 6.45) is 4.14. The van der Waals surface area contributed by atoms with Crippen LogP contribution in [0.3, 0.4) is 0 Å². The summed E-state index contributed by atoms with van der Waals surface area (Å²) in [6.45, 7) is 6.65. The first kappa shape index (κ1) is 31.8. The first-order chi connectivity index (χ1) is 21.0. The summed E-state index contributed by atoms with van der Waals surface area (Å²) in [5.41, 5.74) is 1.98. The highest BCUT2D eigenvalue weighted by molar-refractivity contribution is 7.80. The molecule has 0 saturated heterocycles. The van der Waals surface area contributed by atoms with Crippen LogP contribution in [0.1, 0.15) is 44.7 Å². The molecule has 0 spiro atoms. The number of benzene rings is 4. The van der Waals surface area contributed by atoms with Crippen LogP contribution in [0.15, 0.2) is 120 Å². The Morgan fingerprint density at radius 2 is 1.33 bits per heavy atom. The largest absolute Gasteiger partial charge is 0.354 e. The number of hydrogen-bond acceptors (Lipinski definition) is 3. The van der Waals surface area contributed by atoms with Crippen LogP contribution in [-0.4, -0.2) is 36.7 Å². The van der Waals surface area contributed by atoms with Crippen molar-refractivity contribution in [2.45, 2.75) is 52.1 Å². The molecule has 0 aliphatic rings. The van der Waals surface area contributed by atoms with E-state index in [9.17, 15) is 9.59 Å². The molecule has 5 nitrogen and oxygen atoms in total. The molecular weight excluding hydrogens is 549 g/mol. The number of aliphatic imine (C=N–C) groups is 1. The van der Waals surface area contributed by atoms with Gasteiger partial charge in [0.05, 0.1) is 0 Å². The molecule has 1 unspecified atom stereocenters. The molecule has 0 saturated carbocycles. The molecule has 2 atom stereocenters. The zero-order valence-electron chi connectivity index (χ0n) is 25.3. The van der Waals surface area contributed by atoms with Gasteiger partial charge in [-0.25, -0.2) is 0 Å². The predicted octanol–water partition coefficient (Wildman–Crippen LogP) is 5.53. The molecule has 4 aromatic carbocycles. The summed E-state index contributed by atoms with van der Waals surface area (Å²) >= 11 is 0. The smallest absolute Gasteiger partial charge is 0.245 e. The molecule has 0 heterocycles. The molecule has 2 N–H and O–H groups in total. The highest BCUT2D eigenvalue weighted by Crippen LogP contribution is 2.33. The van der Waals surface area contributed by atoms with Crippen LogP contribution < -0.4 is 26.5 Å². The molecule has 43 heavy (non-hydrogen) atoms. The quantitative estimate of drug-likeness (QED) is 0.115. The number of nitrogens with one attached hydrogen (secondary N) is 2. The van der Waals surface area contributed by atoms with Gasteiger partial charge in [-0.3, -0.25) is 14.6 Å². The van der Waals surface area contributed by atoms with Crippen molar-refractivity contribution < 1.29 is 9.59 Å². The number of unbranched alkanes of at least 4 members (excludes halogenated alkanes) is 1. The van der Waals surface area contributed by atoms with E-state index in [4.69, 9.17) is 4.99 Å². The third kappa shape index (κ3) is 9.20. The van der Waals surface area contributed by atoms with Crippen molar-refractivity contribution in [2.24, 2.45) is 10.9 Å². The van der Waals surface area contributed by atoms with Crippen LogP contribution >= 0.6 is 7.92 Å². The van der Waals surface area contributed by atoms with Crippen LogP contribution in [0.25, 0.3) is 0 Å². The highest BCUT2D eigenvalue weighted by Gasteiger charge is 2.27. The number of hydrogen-bond donors (Lipinski definition) is 2. The van der Waals surface area contributed by atoms with Crippen LogP contribution in [0, 0.1) is 5.92 Å². The summed E-state index contributed by atoms with van der Waals surface area (Å²) in [5.74, 6) is -0.476. The lowest BCUT2D eigenvalue weighted by molar-refractivity contribution is -0.130. The molecule has 0 aliphatic carbocycles. The first-order valence-electron chi connectivity index (χ1n) is 15.1. The predicted molar refractivity (Wildman–Crippen MR) is 181 cm³/mol. The summed E-state index contributed by atoms with van der Waals surface area (Å²) in [5, 5.41) is 9.72. The Morgan fingerprint density at radius 1 is 0.767 bits per heavy atom. The monoisotopic (exact) mass is 591 g/mol. The van der Waals surface area contributed by atoms with E-state index in [-0.39, 0.29) is 17.7 Å². The number of nitrogens with zero attached hydrogens (tertiary/aromatic N) is 1. The summed E-state index contributed by atoms with van der Waals surface area (Å²) in [4.78, 5) is 31.7. The molecule has 0 aromatic heterocycles. The van der Waals surface area contributed by atoms with Gasteiger partial charge in [0.25, 0.3) is 0 Å². The molecule has 2 amide bonds. The minimum Gasteiger partial charge on any atom is -0.354 e. The maximum absolute atomic E-state index is 13.7. The fourth-order valence-electron chi connectivity index (χ4n) is 4.91. The van der Waals surface area contributed by atoms with Crippen molar-refractivity contribution in [3.8, 4) is 0 Å². The minimum atomic E-state index is -0.832. The van der Waals surface area contributed by atoms with Crippen LogP contribution in [0.5, 0.6) is 0 Å². The van der Waals surface area contributed by atoms with E-state index in [1.807, 2.05) is 68.6 Å². The van der Waals surface area contributed by atoms with Crippen LogP contribution in [-0.2, 0) is 16.0 Å². The molecule has 0 bridgehead atoms. The Labute approximate surface area is 257 Å². The van der Waals surface area contributed by atoms with Crippen LogP contribution in [0.4, 0.5) is 0 Å². The van der Waals surface area contributed by atoms with Gasteiger partial charge in [-0.15, -0.1) is 0 Å². The third-order valence-electron chi connectivity index (χ3n) is 7.23. The van der Waals surface area contributed by atoms with Gasteiger partial charge in [0.15, 0.2) is 0 Å². The second-order valence-corrected chi connectivity index (χ2v) is 13.1. The van der Waals surface area contributed by atoms with Crippen molar-refractivity contribution in [1.82, 2.24) is 10.6 Å². The normalized spacial score (nSPS) is 12.8. The van der Waals surface area contributed by atoms with Crippen molar-refractivity contribution in [3.05, 3.63) is 126 Å². The Balaban J connectivity index is 1.61. The summed E-state index contributed by atoms with van der Waals surface area (Å²) in [6, 6.07) is 37.9. The topological polar surface area (TPSA) is 70.6 Å². The standard InChI is InChI=1S/C37H42N3O2P/c1-4-5-25-38-36(41)33(26-29-17-9-6-10-18-29)40-37(42)35(28(2)3)39-27-30-19-15-16-24-34(30)43(31-20-11-7-12-21-31)32-22-13-8-14-23-32/h6-24,27-28,33,35H,4-5,25-26H2,1-3H3,(H,38,41)(H,40,42)/b39-27+/t33-,35?/m0/s1. The van der Waals surface area contributed by atoms with Crippen molar-refractivity contribution >= 4 is 41.9 Å². The van der Waals surface area contributed by atoms with Gasteiger partial charge in [-0.05, 0) is 41.7 Å². The number of carbonyl (C=O) groups is 2. The summed E-state index contributed by atoms with van der Waals surface area (Å²) in [7, 11) is -0.832. The lowest BCUT2D eigenvalue weighted by atomic mass is 10.0. The second kappa shape index (κ2) is 16.5. The Hall–Kier alpha value is -4.08. The Bertz CT molecular complexity index is 1420. The Kier molecular flexibility index (Phi) is 12.2. The van der Waals surface area contributed by atoms with Gasteiger partial charge in [0.2, 0.25) is 11.8 Å². The average Bonchev–Trinajstić information content (AvgIpc) is 3.03. The number of amides is 2. The molecular formula is C37H42N3O2P. The molecule has 6 heteroatoms. The SMILES string of the molecule is CCCCNC(=O)[C@H](Cc1ccccc1)NC(=O)C(/N=C/c1ccccc1P(c1ccccc1)c1ccccc1)C(C)C. The first-order valence-corrected chi connectivity index (χ1v) is 16.5. The van der Waals surface area contributed by atoms with Gasteiger partial charge in [-0.2, -0.15) is 0 Å².